The largest absolute Gasteiger partial charge is 0.497 e. The van der Waals surface area contributed by atoms with Crippen molar-refractivity contribution in [3.05, 3.63) is 29.8 Å². The first-order valence-electron chi connectivity index (χ1n) is 8.70. The predicted octanol–water partition coefficient (Wildman–Crippen LogP) is 2.88. The Morgan fingerprint density at radius 3 is 2.28 bits per heavy atom. The van der Waals surface area contributed by atoms with E-state index in [1.807, 2.05) is 24.3 Å². The Balaban J connectivity index is 1.72. The zero-order valence-corrected chi connectivity index (χ0v) is 14.9. The fourth-order valence-corrected chi connectivity index (χ4v) is 2.85. The van der Waals surface area contributed by atoms with Crippen molar-refractivity contribution < 1.29 is 9.47 Å². The molecule has 3 rings (SSSR count). The van der Waals surface area contributed by atoms with E-state index in [1.54, 1.807) is 14.2 Å². The van der Waals surface area contributed by atoms with Crippen LogP contribution in [0.3, 0.4) is 0 Å². The molecule has 25 heavy (non-hydrogen) atoms. The van der Waals surface area contributed by atoms with Crippen LogP contribution in [0.25, 0.3) is 0 Å². The quantitative estimate of drug-likeness (QED) is 0.864. The molecule has 1 aliphatic rings. The van der Waals surface area contributed by atoms with Gasteiger partial charge in [-0.1, -0.05) is 25.0 Å². The van der Waals surface area contributed by atoms with Gasteiger partial charge in [-0.05, 0) is 30.5 Å². The van der Waals surface area contributed by atoms with Gasteiger partial charge in [0.15, 0.2) is 0 Å². The Morgan fingerprint density at radius 1 is 0.920 bits per heavy atom. The van der Waals surface area contributed by atoms with Gasteiger partial charge in [0, 0.05) is 19.6 Å². The Bertz CT molecular complexity index is 670. The van der Waals surface area contributed by atoms with Crippen molar-refractivity contribution in [1.82, 2.24) is 15.0 Å². The van der Waals surface area contributed by atoms with E-state index in [9.17, 15) is 0 Å². The number of rotatable bonds is 6. The first kappa shape index (κ1) is 17.3. The molecule has 1 fully saturated rings. The van der Waals surface area contributed by atoms with Crippen LogP contribution in [-0.2, 0) is 6.54 Å². The van der Waals surface area contributed by atoms with E-state index in [2.05, 4.69) is 25.2 Å². The highest BCUT2D eigenvalue weighted by atomic mass is 16.5. The second kappa shape index (κ2) is 8.50. The molecule has 0 radical (unpaired) electrons. The van der Waals surface area contributed by atoms with Gasteiger partial charge in [0.2, 0.25) is 11.9 Å². The Kier molecular flexibility index (Phi) is 5.87. The van der Waals surface area contributed by atoms with Crippen LogP contribution < -0.4 is 19.7 Å². The monoisotopic (exact) mass is 343 g/mol. The average Bonchev–Trinajstić information content (AvgIpc) is 2.96. The topological polar surface area (TPSA) is 72.4 Å². The number of methoxy groups -OCH3 is 2. The van der Waals surface area contributed by atoms with Crippen LogP contribution in [0, 0.1) is 0 Å². The molecule has 1 aromatic heterocycles. The highest BCUT2D eigenvalue weighted by molar-refractivity contribution is 5.39. The molecule has 1 aromatic carbocycles. The number of nitrogens with one attached hydrogen (secondary N) is 1. The zero-order chi connectivity index (χ0) is 17.5. The van der Waals surface area contributed by atoms with Crippen LogP contribution in [0.15, 0.2) is 24.3 Å². The molecule has 2 heterocycles. The Hall–Kier alpha value is -2.57. The van der Waals surface area contributed by atoms with Crippen molar-refractivity contribution in [3.63, 3.8) is 0 Å². The number of aromatic nitrogens is 3. The lowest BCUT2D eigenvalue weighted by atomic mass is 10.2. The van der Waals surface area contributed by atoms with Crippen LogP contribution in [0.4, 0.5) is 11.9 Å². The van der Waals surface area contributed by atoms with Crippen molar-refractivity contribution >= 4 is 11.9 Å². The number of ether oxygens (including phenoxy) is 2. The van der Waals surface area contributed by atoms with Crippen molar-refractivity contribution in [1.29, 1.82) is 0 Å². The van der Waals surface area contributed by atoms with Crippen LogP contribution in [0.5, 0.6) is 11.8 Å². The van der Waals surface area contributed by atoms with E-state index >= 15 is 0 Å². The first-order valence-corrected chi connectivity index (χ1v) is 8.70. The lowest BCUT2D eigenvalue weighted by Gasteiger charge is -2.20. The molecule has 1 N–H and O–H groups in total. The van der Waals surface area contributed by atoms with Crippen molar-refractivity contribution in [3.8, 4) is 11.8 Å². The highest BCUT2D eigenvalue weighted by Crippen LogP contribution is 2.19. The van der Waals surface area contributed by atoms with E-state index < -0.39 is 0 Å². The molecular weight excluding hydrogens is 318 g/mol. The summed E-state index contributed by atoms with van der Waals surface area (Å²) in [5.41, 5.74) is 1.12. The van der Waals surface area contributed by atoms with Crippen LogP contribution in [-0.4, -0.2) is 42.3 Å². The maximum absolute atomic E-state index is 5.25. The number of hydrogen-bond acceptors (Lipinski definition) is 7. The maximum atomic E-state index is 5.25. The SMILES string of the molecule is COc1ccc(CNc2nc(OC)nc(N3CCCCCC3)n2)cc1. The van der Waals surface area contributed by atoms with Crippen LogP contribution in [0.2, 0.25) is 0 Å². The molecule has 0 amide bonds. The third-order valence-electron chi connectivity index (χ3n) is 4.28. The second-order valence-corrected chi connectivity index (χ2v) is 6.05. The van der Waals surface area contributed by atoms with Gasteiger partial charge < -0.3 is 19.7 Å². The third kappa shape index (κ3) is 4.71. The summed E-state index contributed by atoms with van der Waals surface area (Å²) >= 11 is 0. The summed E-state index contributed by atoms with van der Waals surface area (Å²) in [5, 5.41) is 3.26. The minimum atomic E-state index is 0.339. The van der Waals surface area contributed by atoms with Crippen molar-refractivity contribution in [2.45, 2.75) is 32.2 Å². The smallest absolute Gasteiger partial charge is 0.322 e. The summed E-state index contributed by atoms with van der Waals surface area (Å²) in [6.07, 6.45) is 4.87. The highest BCUT2D eigenvalue weighted by Gasteiger charge is 2.15. The normalized spacial score (nSPS) is 14.7. The van der Waals surface area contributed by atoms with Gasteiger partial charge >= 0.3 is 6.01 Å². The van der Waals surface area contributed by atoms with E-state index in [0.29, 0.717) is 24.5 Å². The number of nitrogens with zero attached hydrogens (tertiary/aromatic N) is 4. The minimum absolute atomic E-state index is 0.339. The van der Waals surface area contributed by atoms with Gasteiger partial charge in [0.05, 0.1) is 14.2 Å². The maximum Gasteiger partial charge on any atom is 0.322 e. The summed E-state index contributed by atoms with van der Waals surface area (Å²) in [4.78, 5) is 15.5. The zero-order valence-electron chi connectivity index (χ0n) is 14.9. The van der Waals surface area contributed by atoms with E-state index in [4.69, 9.17) is 9.47 Å². The molecule has 1 aliphatic heterocycles. The van der Waals surface area contributed by atoms with Gasteiger partial charge in [-0.2, -0.15) is 15.0 Å². The average molecular weight is 343 g/mol. The van der Waals surface area contributed by atoms with Gasteiger partial charge in [-0.15, -0.1) is 0 Å². The fraction of sp³-hybridized carbons (Fsp3) is 0.500. The molecule has 0 atom stereocenters. The summed E-state index contributed by atoms with van der Waals surface area (Å²) < 4.78 is 10.4. The van der Waals surface area contributed by atoms with Gasteiger partial charge in [-0.25, -0.2) is 0 Å². The summed E-state index contributed by atoms with van der Waals surface area (Å²) in [5.74, 6) is 2.06. The van der Waals surface area contributed by atoms with Crippen LogP contribution in [0.1, 0.15) is 31.2 Å². The standard InChI is InChI=1S/C18H25N5O2/c1-24-15-9-7-14(8-10-15)13-19-16-20-17(22-18(21-16)25-2)23-11-5-3-4-6-12-23/h7-10H,3-6,11-13H2,1-2H3,(H,19,20,21,22). The molecule has 1 saturated heterocycles. The Labute approximate surface area is 148 Å². The molecule has 0 saturated carbocycles. The van der Waals surface area contributed by atoms with E-state index in [-0.39, 0.29) is 0 Å². The molecule has 0 bridgehead atoms. The van der Waals surface area contributed by atoms with Crippen molar-refractivity contribution in [2.75, 3.05) is 37.5 Å². The minimum Gasteiger partial charge on any atom is -0.497 e. The van der Waals surface area contributed by atoms with Gasteiger partial charge in [0.1, 0.15) is 5.75 Å². The first-order chi connectivity index (χ1) is 12.3. The van der Waals surface area contributed by atoms with E-state index in [0.717, 1.165) is 24.4 Å². The lowest BCUT2D eigenvalue weighted by molar-refractivity contribution is 0.378. The number of hydrogen-bond donors (Lipinski definition) is 1. The molecule has 0 unspecified atom stereocenters. The summed E-state index contributed by atoms with van der Waals surface area (Å²) in [6, 6.07) is 8.24. The molecule has 7 nitrogen and oxygen atoms in total. The fourth-order valence-electron chi connectivity index (χ4n) is 2.85. The Morgan fingerprint density at radius 2 is 1.64 bits per heavy atom. The molecular formula is C18H25N5O2. The molecule has 0 aliphatic carbocycles. The molecule has 134 valence electrons. The summed E-state index contributed by atoms with van der Waals surface area (Å²) in [6.45, 7) is 2.58. The second-order valence-electron chi connectivity index (χ2n) is 6.05. The van der Waals surface area contributed by atoms with Gasteiger partial charge in [0.25, 0.3) is 0 Å². The van der Waals surface area contributed by atoms with Crippen molar-refractivity contribution in [2.24, 2.45) is 0 Å². The summed E-state index contributed by atoms with van der Waals surface area (Å²) in [7, 11) is 3.24. The number of benzene rings is 1. The molecule has 0 spiro atoms. The number of anilines is 2. The third-order valence-corrected chi connectivity index (χ3v) is 4.28. The predicted molar refractivity (Wildman–Crippen MR) is 97.4 cm³/mol. The molecule has 2 aromatic rings. The molecule has 7 heteroatoms. The lowest BCUT2D eigenvalue weighted by Crippen LogP contribution is -2.26. The van der Waals surface area contributed by atoms with Crippen LogP contribution >= 0.6 is 0 Å². The van der Waals surface area contributed by atoms with Gasteiger partial charge in [-0.3, -0.25) is 0 Å². The van der Waals surface area contributed by atoms with E-state index in [1.165, 1.54) is 25.7 Å².